The molecule has 0 aliphatic heterocycles. The zero-order chi connectivity index (χ0) is 14.0. The van der Waals surface area contributed by atoms with Crippen LogP contribution in [0, 0.1) is 5.41 Å². The Hall–Kier alpha value is -2.14. The number of aromatic nitrogens is 2. The minimum absolute atomic E-state index is 0.186. The van der Waals surface area contributed by atoms with Crippen molar-refractivity contribution in [1.82, 2.24) is 15.4 Å². The molecule has 5 heteroatoms. The predicted octanol–water partition coefficient (Wildman–Crippen LogP) is 1.77. The van der Waals surface area contributed by atoms with Gasteiger partial charge in [-0.05, 0) is 18.2 Å². The molecule has 5 nitrogen and oxygen atoms in total. The van der Waals surface area contributed by atoms with Crippen LogP contribution in [0.25, 0.3) is 17.1 Å². The second-order valence-electron chi connectivity index (χ2n) is 5.42. The molecule has 0 saturated carbocycles. The van der Waals surface area contributed by atoms with E-state index in [9.17, 15) is 4.79 Å². The summed E-state index contributed by atoms with van der Waals surface area (Å²) in [6.45, 7) is 6.02. The molecule has 0 spiro atoms. The SMILES string of the molecule is CC(C)(C)C(=Cc1nc2ccccc2[nH]c1=O)NN. The van der Waals surface area contributed by atoms with Crippen LogP contribution in [0.15, 0.2) is 34.8 Å². The van der Waals surface area contributed by atoms with Crippen LogP contribution in [-0.4, -0.2) is 9.97 Å². The average Bonchev–Trinajstić information content (AvgIpc) is 2.34. The van der Waals surface area contributed by atoms with E-state index in [1.807, 2.05) is 45.0 Å². The summed E-state index contributed by atoms with van der Waals surface area (Å²) in [6, 6.07) is 7.42. The Kier molecular flexibility index (Phi) is 3.40. The number of rotatable bonds is 2. The van der Waals surface area contributed by atoms with Gasteiger partial charge < -0.3 is 10.4 Å². The Morgan fingerprint density at radius 3 is 2.68 bits per heavy atom. The topological polar surface area (TPSA) is 83.8 Å². The fourth-order valence-electron chi connectivity index (χ4n) is 1.75. The van der Waals surface area contributed by atoms with Crippen molar-refractivity contribution < 1.29 is 0 Å². The lowest BCUT2D eigenvalue weighted by Gasteiger charge is -2.22. The van der Waals surface area contributed by atoms with Gasteiger partial charge in [-0.2, -0.15) is 0 Å². The number of nitrogens with one attached hydrogen (secondary N) is 2. The van der Waals surface area contributed by atoms with E-state index < -0.39 is 0 Å². The van der Waals surface area contributed by atoms with Crippen LogP contribution in [0.5, 0.6) is 0 Å². The van der Waals surface area contributed by atoms with Crippen molar-refractivity contribution in [2.45, 2.75) is 20.8 Å². The first-order chi connectivity index (χ1) is 8.91. The monoisotopic (exact) mass is 258 g/mol. The maximum atomic E-state index is 12.0. The van der Waals surface area contributed by atoms with E-state index in [0.717, 1.165) is 16.7 Å². The third-order valence-corrected chi connectivity index (χ3v) is 2.87. The van der Waals surface area contributed by atoms with Crippen molar-refractivity contribution >= 4 is 17.1 Å². The molecule has 0 bridgehead atoms. The van der Waals surface area contributed by atoms with Crippen molar-refractivity contribution in [1.29, 1.82) is 0 Å². The van der Waals surface area contributed by atoms with Crippen LogP contribution in [0.4, 0.5) is 0 Å². The van der Waals surface area contributed by atoms with Crippen molar-refractivity contribution in [2.24, 2.45) is 11.3 Å². The number of benzene rings is 1. The highest BCUT2D eigenvalue weighted by molar-refractivity contribution is 5.74. The molecule has 100 valence electrons. The molecule has 4 N–H and O–H groups in total. The van der Waals surface area contributed by atoms with E-state index in [0.29, 0.717) is 5.69 Å². The van der Waals surface area contributed by atoms with Gasteiger partial charge >= 0.3 is 0 Å². The van der Waals surface area contributed by atoms with Gasteiger partial charge in [-0.15, -0.1) is 0 Å². The quantitative estimate of drug-likeness (QED) is 0.566. The van der Waals surface area contributed by atoms with Crippen LogP contribution in [0.2, 0.25) is 0 Å². The molecule has 0 unspecified atom stereocenters. The molecule has 1 heterocycles. The third-order valence-electron chi connectivity index (χ3n) is 2.87. The number of para-hydroxylation sites is 2. The van der Waals surface area contributed by atoms with Crippen LogP contribution in [0.3, 0.4) is 0 Å². The highest BCUT2D eigenvalue weighted by Gasteiger charge is 2.17. The summed E-state index contributed by atoms with van der Waals surface area (Å²) in [6.07, 6.45) is 1.69. The first kappa shape index (κ1) is 13.3. The summed E-state index contributed by atoms with van der Waals surface area (Å²) < 4.78 is 0. The predicted molar refractivity (Wildman–Crippen MR) is 77.1 cm³/mol. The lowest BCUT2D eigenvalue weighted by Crippen LogP contribution is -2.30. The minimum atomic E-state index is -0.226. The minimum Gasteiger partial charge on any atom is -0.328 e. The second-order valence-corrected chi connectivity index (χ2v) is 5.42. The molecular formula is C14H18N4O. The van der Waals surface area contributed by atoms with Crippen LogP contribution >= 0.6 is 0 Å². The van der Waals surface area contributed by atoms with E-state index in [1.54, 1.807) is 6.08 Å². The largest absolute Gasteiger partial charge is 0.328 e. The summed E-state index contributed by atoms with van der Waals surface area (Å²) in [5.41, 5.74) is 4.79. The summed E-state index contributed by atoms with van der Waals surface area (Å²) in [5.74, 6) is 5.51. The molecule has 19 heavy (non-hydrogen) atoms. The summed E-state index contributed by atoms with van der Waals surface area (Å²) >= 11 is 0. The fraction of sp³-hybridized carbons (Fsp3) is 0.286. The summed E-state index contributed by atoms with van der Waals surface area (Å²) in [7, 11) is 0. The van der Waals surface area contributed by atoms with Gasteiger partial charge in [-0.1, -0.05) is 32.9 Å². The van der Waals surface area contributed by atoms with Gasteiger partial charge in [0, 0.05) is 11.1 Å². The van der Waals surface area contributed by atoms with Crippen LogP contribution in [0.1, 0.15) is 26.5 Å². The molecule has 0 radical (unpaired) electrons. The van der Waals surface area contributed by atoms with E-state index in [4.69, 9.17) is 5.84 Å². The molecular weight excluding hydrogens is 240 g/mol. The van der Waals surface area contributed by atoms with Gasteiger partial charge in [0.2, 0.25) is 0 Å². The van der Waals surface area contributed by atoms with Crippen LogP contribution in [-0.2, 0) is 0 Å². The second kappa shape index (κ2) is 4.85. The van der Waals surface area contributed by atoms with E-state index in [-0.39, 0.29) is 11.0 Å². The lowest BCUT2D eigenvalue weighted by molar-refractivity contribution is 0.468. The van der Waals surface area contributed by atoms with Gasteiger partial charge in [-0.3, -0.25) is 10.6 Å². The number of hydrazine groups is 1. The maximum absolute atomic E-state index is 12.0. The lowest BCUT2D eigenvalue weighted by atomic mass is 9.91. The highest BCUT2D eigenvalue weighted by atomic mass is 16.1. The summed E-state index contributed by atoms with van der Waals surface area (Å²) in [4.78, 5) is 19.1. The smallest absolute Gasteiger partial charge is 0.274 e. The fourth-order valence-corrected chi connectivity index (χ4v) is 1.75. The Morgan fingerprint density at radius 1 is 1.37 bits per heavy atom. The van der Waals surface area contributed by atoms with Gasteiger partial charge in [0.15, 0.2) is 0 Å². The molecule has 0 atom stereocenters. The molecule has 2 aromatic rings. The van der Waals surface area contributed by atoms with Gasteiger partial charge in [-0.25, -0.2) is 4.98 Å². The number of nitrogens with two attached hydrogens (primary N) is 1. The number of fused-ring (bicyclic) bond motifs is 1. The van der Waals surface area contributed by atoms with Crippen molar-refractivity contribution in [2.75, 3.05) is 0 Å². The number of H-pyrrole nitrogens is 1. The molecule has 1 aromatic heterocycles. The van der Waals surface area contributed by atoms with E-state index in [2.05, 4.69) is 15.4 Å². The zero-order valence-electron chi connectivity index (χ0n) is 11.3. The molecule has 1 aromatic carbocycles. The molecule has 0 fully saturated rings. The van der Waals surface area contributed by atoms with E-state index >= 15 is 0 Å². The standard InChI is InChI=1S/C14H18N4O/c1-14(2,3)12(18-15)8-11-13(19)17-10-7-5-4-6-9(10)16-11/h4-8,18H,15H2,1-3H3,(H,17,19). The molecule has 0 aliphatic carbocycles. The van der Waals surface area contributed by atoms with Crippen molar-refractivity contribution in [3.63, 3.8) is 0 Å². The summed E-state index contributed by atoms with van der Waals surface area (Å²) in [5, 5.41) is 0. The van der Waals surface area contributed by atoms with E-state index in [1.165, 1.54) is 0 Å². The maximum Gasteiger partial charge on any atom is 0.274 e. The molecule has 0 amide bonds. The molecule has 0 aliphatic rings. The highest BCUT2D eigenvalue weighted by Crippen LogP contribution is 2.23. The first-order valence-electron chi connectivity index (χ1n) is 6.09. The average molecular weight is 258 g/mol. The normalized spacial score (nSPS) is 12.7. The van der Waals surface area contributed by atoms with Gasteiger partial charge in [0.25, 0.3) is 5.56 Å². The number of nitrogens with zero attached hydrogens (tertiary/aromatic N) is 1. The van der Waals surface area contributed by atoms with Crippen LogP contribution < -0.4 is 16.8 Å². The van der Waals surface area contributed by atoms with Crippen molar-refractivity contribution in [3.8, 4) is 0 Å². The molecule has 2 rings (SSSR count). The Labute approximate surface area is 111 Å². The molecule has 0 saturated heterocycles. The Morgan fingerprint density at radius 2 is 2.05 bits per heavy atom. The Balaban J connectivity index is 2.60. The number of aromatic amines is 1. The number of hydrogen-bond acceptors (Lipinski definition) is 4. The van der Waals surface area contributed by atoms with Crippen molar-refractivity contribution in [3.05, 3.63) is 46.0 Å². The van der Waals surface area contributed by atoms with Gasteiger partial charge in [0.1, 0.15) is 5.69 Å². The number of allylic oxidation sites excluding steroid dienone is 1. The van der Waals surface area contributed by atoms with Gasteiger partial charge in [0.05, 0.1) is 11.0 Å². The zero-order valence-corrected chi connectivity index (χ0v) is 11.3. The Bertz CT molecular complexity index is 680. The first-order valence-corrected chi connectivity index (χ1v) is 6.09. The number of hydrogen-bond donors (Lipinski definition) is 3. The third kappa shape index (κ3) is 2.82.